The van der Waals surface area contributed by atoms with E-state index in [-0.39, 0.29) is 10.8 Å². The Kier molecular flexibility index (Phi) is 3.14. The highest BCUT2D eigenvalue weighted by Gasteiger charge is 2.34. The van der Waals surface area contributed by atoms with Crippen molar-refractivity contribution in [1.82, 2.24) is 5.32 Å². The van der Waals surface area contributed by atoms with E-state index in [2.05, 4.69) is 53.1 Å². The molecule has 0 atom stereocenters. The zero-order valence-electron chi connectivity index (χ0n) is 8.99. The zero-order valence-corrected chi connectivity index (χ0v) is 8.99. The van der Waals surface area contributed by atoms with E-state index in [1.165, 1.54) is 0 Å². The van der Waals surface area contributed by atoms with Crippen LogP contribution in [0.2, 0.25) is 0 Å². The van der Waals surface area contributed by atoms with Crippen LogP contribution >= 0.6 is 0 Å². The van der Waals surface area contributed by atoms with Crippen LogP contribution in [0.5, 0.6) is 0 Å². The maximum Gasteiger partial charge on any atom is 0.0136 e. The molecule has 0 saturated heterocycles. The Morgan fingerprint density at radius 2 is 1.58 bits per heavy atom. The van der Waals surface area contributed by atoms with E-state index < -0.39 is 0 Å². The van der Waals surface area contributed by atoms with E-state index in [1.807, 2.05) is 0 Å². The fourth-order valence-electron chi connectivity index (χ4n) is 0.756. The van der Waals surface area contributed by atoms with Gasteiger partial charge in [-0.1, -0.05) is 47.8 Å². The van der Waals surface area contributed by atoms with Gasteiger partial charge < -0.3 is 5.32 Å². The Morgan fingerprint density at radius 1 is 1.17 bits per heavy atom. The van der Waals surface area contributed by atoms with Crippen LogP contribution in [-0.4, -0.2) is 0 Å². The quantitative estimate of drug-likeness (QED) is 0.680. The van der Waals surface area contributed by atoms with E-state index in [9.17, 15) is 0 Å². The van der Waals surface area contributed by atoms with Crippen molar-refractivity contribution in [2.24, 2.45) is 10.8 Å². The Hall–Kier alpha value is -0.720. The third-order valence-electron chi connectivity index (χ3n) is 2.91. The van der Waals surface area contributed by atoms with Gasteiger partial charge in [0.2, 0.25) is 0 Å². The van der Waals surface area contributed by atoms with Crippen molar-refractivity contribution in [3.05, 3.63) is 25.1 Å². The molecule has 1 heteroatoms. The summed E-state index contributed by atoms with van der Waals surface area (Å²) in [6, 6.07) is 0. The summed E-state index contributed by atoms with van der Waals surface area (Å²) in [5.74, 6) is 0. The van der Waals surface area contributed by atoms with E-state index >= 15 is 0 Å². The van der Waals surface area contributed by atoms with Crippen molar-refractivity contribution in [3.63, 3.8) is 0 Å². The molecule has 0 saturated carbocycles. The lowest BCUT2D eigenvalue weighted by Gasteiger charge is -2.40. The van der Waals surface area contributed by atoms with Crippen molar-refractivity contribution in [1.29, 1.82) is 0 Å². The fraction of sp³-hybridized carbons (Fsp3) is 0.636. The van der Waals surface area contributed by atoms with Gasteiger partial charge in [-0.25, -0.2) is 0 Å². The maximum absolute atomic E-state index is 4.00. The van der Waals surface area contributed by atoms with Crippen molar-refractivity contribution >= 4 is 0 Å². The molecule has 0 aromatic heterocycles. The minimum absolute atomic E-state index is 0.0706. The van der Waals surface area contributed by atoms with Crippen molar-refractivity contribution in [2.45, 2.75) is 34.6 Å². The smallest absolute Gasteiger partial charge is 0.0136 e. The van der Waals surface area contributed by atoms with Gasteiger partial charge >= 0.3 is 0 Å². The largest absolute Gasteiger partial charge is 0.366 e. The van der Waals surface area contributed by atoms with Gasteiger partial charge in [0.25, 0.3) is 0 Å². The molecular weight excluding hydrogens is 146 g/mol. The molecule has 0 aliphatic heterocycles. The summed E-state index contributed by atoms with van der Waals surface area (Å²) in [6.07, 6.45) is 1.68. The molecule has 0 radical (unpaired) electrons. The molecule has 70 valence electrons. The van der Waals surface area contributed by atoms with Gasteiger partial charge in [0, 0.05) is 11.1 Å². The van der Waals surface area contributed by atoms with Crippen LogP contribution in [0.4, 0.5) is 0 Å². The second kappa shape index (κ2) is 3.34. The summed E-state index contributed by atoms with van der Waals surface area (Å²) >= 11 is 0. The Morgan fingerprint density at radius 3 is 1.83 bits per heavy atom. The lowest BCUT2D eigenvalue weighted by atomic mass is 9.67. The van der Waals surface area contributed by atoms with Gasteiger partial charge in [0.05, 0.1) is 0 Å². The van der Waals surface area contributed by atoms with Gasteiger partial charge in [0.1, 0.15) is 0 Å². The van der Waals surface area contributed by atoms with Gasteiger partial charge in [0.15, 0.2) is 0 Å². The van der Waals surface area contributed by atoms with Crippen molar-refractivity contribution in [2.75, 3.05) is 0 Å². The average Bonchev–Trinajstić information content (AvgIpc) is 1.85. The molecule has 0 aliphatic rings. The summed E-state index contributed by atoms with van der Waals surface area (Å²) < 4.78 is 0. The van der Waals surface area contributed by atoms with Crippen LogP contribution in [0, 0.1) is 10.8 Å². The summed E-state index contributed by atoms with van der Waals surface area (Å²) in [5.41, 5.74) is 1.30. The molecule has 0 unspecified atom stereocenters. The molecule has 0 aliphatic carbocycles. The first-order valence-corrected chi connectivity index (χ1v) is 4.30. The Labute approximate surface area is 76.6 Å². The highest BCUT2D eigenvalue weighted by atomic mass is 14.9. The molecule has 0 bridgehead atoms. The number of nitrogens with one attached hydrogen (secondary N) is 1. The van der Waals surface area contributed by atoms with E-state index in [0.29, 0.717) is 0 Å². The normalized spacial score (nSPS) is 12.4. The lowest BCUT2D eigenvalue weighted by molar-refractivity contribution is 0.171. The molecule has 1 N–H and O–H groups in total. The van der Waals surface area contributed by atoms with E-state index in [4.69, 9.17) is 0 Å². The first kappa shape index (κ1) is 11.3. The highest BCUT2D eigenvalue weighted by molar-refractivity contribution is 5.11. The third-order valence-corrected chi connectivity index (χ3v) is 2.91. The molecule has 1 nitrogen and oxygen atoms in total. The highest BCUT2D eigenvalue weighted by Crippen LogP contribution is 2.41. The van der Waals surface area contributed by atoms with Gasteiger partial charge in [-0.15, -0.1) is 0 Å². The van der Waals surface area contributed by atoms with Gasteiger partial charge in [-0.2, -0.15) is 0 Å². The molecular formula is C11H21N. The molecule has 0 fully saturated rings. The first-order valence-electron chi connectivity index (χ1n) is 4.30. The van der Waals surface area contributed by atoms with Gasteiger partial charge in [-0.05, 0) is 11.6 Å². The SMILES string of the molecule is C=CNC(=C)C(C)(C)C(C)(C)C. The second-order valence-corrected chi connectivity index (χ2v) is 4.70. The topological polar surface area (TPSA) is 12.0 Å². The average molecular weight is 167 g/mol. The van der Waals surface area contributed by atoms with Crippen LogP contribution in [0.25, 0.3) is 0 Å². The summed E-state index contributed by atoms with van der Waals surface area (Å²) in [4.78, 5) is 0. The maximum atomic E-state index is 4.00. The summed E-state index contributed by atoms with van der Waals surface area (Å²) in [6.45, 7) is 18.6. The van der Waals surface area contributed by atoms with Crippen molar-refractivity contribution in [3.8, 4) is 0 Å². The van der Waals surface area contributed by atoms with Crippen LogP contribution in [-0.2, 0) is 0 Å². The van der Waals surface area contributed by atoms with E-state index in [0.717, 1.165) is 5.70 Å². The number of hydrogen-bond acceptors (Lipinski definition) is 1. The lowest BCUT2D eigenvalue weighted by Crippen LogP contribution is -2.35. The molecule has 0 spiro atoms. The fourth-order valence-corrected chi connectivity index (χ4v) is 0.756. The van der Waals surface area contributed by atoms with E-state index in [1.54, 1.807) is 6.20 Å². The monoisotopic (exact) mass is 167 g/mol. The van der Waals surface area contributed by atoms with Crippen LogP contribution < -0.4 is 5.32 Å². The third kappa shape index (κ3) is 2.13. The zero-order chi connectivity index (χ0) is 9.99. The number of allylic oxidation sites excluding steroid dienone is 1. The van der Waals surface area contributed by atoms with Gasteiger partial charge in [-0.3, -0.25) is 0 Å². The first-order chi connectivity index (χ1) is 5.23. The minimum atomic E-state index is 0.0706. The van der Waals surface area contributed by atoms with Crippen LogP contribution in [0.3, 0.4) is 0 Å². The predicted molar refractivity (Wildman–Crippen MR) is 55.7 cm³/mol. The Balaban J connectivity index is 4.61. The molecule has 12 heavy (non-hydrogen) atoms. The standard InChI is InChI=1S/C11H21N/c1-8-12-9(2)11(6,7)10(3,4)5/h8,12H,1-2H2,3-7H3. The Bertz CT molecular complexity index is 182. The summed E-state index contributed by atoms with van der Waals surface area (Å²) in [5, 5.41) is 3.06. The van der Waals surface area contributed by atoms with Crippen LogP contribution in [0.1, 0.15) is 34.6 Å². The number of hydrogen-bond donors (Lipinski definition) is 1. The molecule has 0 rings (SSSR count). The molecule has 0 heterocycles. The molecule has 0 amide bonds. The minimum Gasteiger partial charge on any atom is -0.366 e. The van der Waals surface area contributed by atoms with Crippen molar-refractivity contribution < 1.29 is 0 Å². The predicted octanol–water partition coefficient (Wildman–Crippen LogP) is 3.31. The van der Waals surface area contributed by atoms with Crippen LogP contribution in [0.15, 0.2) is 25.1 Å². The molecule has 0 aromatic carbocycles. The molecule has 0 aromatic rings. The second-order valence-electron chi connectivity index (χ2n) is 4.70. The number of rotatable bonds is 3. The summed E-state index contributed by atoms with van der Waals surface area (Å²) in [7, 11) is 0.